The zero-order chi connectivity index (χ0) is 11.5. The number of nitrogen functional groups attached to an aromatic ring is 1. The number of rotatable bonds is 3. The monoisotopic (exact) mass is 236 g/mol. The fraction of sp³-hybridized carbons (Fsp3) is 0.417. The number of nitrogens with two attached hydrogens (primary N) is 1. The molecule has 1 aliphatic heterocycles. The first kappa shape index (κ1) is 11.3. The van der Waals surface area contributed by atoms with Crippen LogP contribution in [0.4, 0.5) is 5.69 Å². The third-order valence-corrected chi connectivity index (χ3v) is 3.44. The lowest BCUT2D eigenvalue weighted by Gasteiger charge is -2.14. The fourth-order valence-corrected chi connectivity index (χ4v) is 2.32. The van der Waals surface area contributed by atoms with Crippen molar-refractivity contribution in [1.29, 1.82) is 0 Å². The number of hydrogen-bond acceptors (Lipinski definition) is 3. The molecule has 1 aliphatic rings. The molecular formula is C12H16N2OS. The van der Waals surface area contributed by atoms with E-state index in [-0.39, 0.29) is 5.91 Å². The largest absolute Gasteiger partial charge is 0.399 e. The van der Waals surface area contributed by atoms with Crippen LogP contribution in [0.25, 0.3) is 0 Å². The molecule has 1 aromatic carbocycles. The number of carbonyl (C=O) groups is 1. The molecule has 0 saturated carbocycles. The number of carbonyl (C=O) groups excluding carboxylic acids is 1. The Morgan fingerprint density at radius 2 is 2.19 bits per heavy atom. The highest BCUT2D eigenvalue weighted by Gasteiger charge is 2.22. The minimum atomic E-state index is 0.240. The van der Waals surface area contributed by atoms with Crippen LogP contribution in [0.5, 0.6) is 0 Å². The first-order chi connectivity index (χ1) is 7.70. The molecule has 2 rings (SSSR count). The van der Waals surface area contributed by atoms with Gasteiger partial charge in [-0.05, 0) is 29.5 Å². The van der Waals surface area contributed by atoms with Gasteiger partial charge in [-0.3, -0.25) is 4.79 Å². The van der Waals surface area contributed by atoms with Gasteiger partial charge in [0.1, 0.15) is 0 Å². The average Bonchev–Trinajstić information content (AvgIpc) is 2.68. The molecule has 0 saturated heterocycles. The molecule has 0 fully saturated rings. The van der Waals surface area contributed by atoms with Crippen molar-refractivity contribution in [3.8, 4) is 0 Å². The second-order valence-corrected chi connectivity index (χ2v) is 5.01. The Hall–Kier alpha value is -1.16. The summed E-state index contributed by atoms with van der Waals surface area (Å²) >= 11 is 1.71. The Bertz CT molecular complexity index is 406. The van der Waals surface area contributed by atoms with Crippen LogP contribution in [0.15, 0.2) is 18.2 Å². The molecule has 1 aromatic rings. The quantitative estimate of drug-likeness (QED) is 0.815. The number of fused-ring (bicyclic) bond motifs is 1. The van der Waals surface area contributed by atoms with Crippen molar-refractivity contribution in [2.45, 2.75) is 19.5 Å². The van der Waals surface area contributed by atoms with E-state index in [0.717, 1.165) is 18.0 Å². The van der Waals surface area contributed by atoms with Crippen LogP contribution < -0.4 is 5.73 Å². The Morgan fingerprint density at radius 3 is 2.94 bits per heavy atom. The summed E-state index contributed by atoms with van der Waals surface area (Å²) in [5.41, 5.74) is 8.92. The van der Waals surface area contributed by atoms with Crippen LogP contribution in [0.2, 0.25) is 0 Å². The second kappa shape index (κ2) is 4.78. The highest BCUT2D eigenvalue weighted by Crippen LogP contribution is 2.25. The summed E-state index contributed by atoms with van der Waals surface area (Å²) in [6, 6.07) is 5.89. The number of anilines is 1. The van der Waals surface area contributed by atoms with Gasteiger partial charge in [0.2, 0.25) is 5.91 Å². The maximum Gasteiger partial charge on any atom is 0.223 e. The summed E-state index contributed by atoms with van der Waals surface area (Å²) < 4.78 is 0. The van der Waals surface area contributed by atoms with Gasteiger partial charge in [-0.2, -0.15) is 11.8 Å². The number of hydrogen-bond donors (Lipinski definition) is 1. The predicted molar refractivity (Wildman–Crippen MR) is 68.1 cm³/mol. The summed E-state index contributed by atoms with van der Waals surface area (Å²) in [6.07, 6.45) is 2.65. The molecule has 0 unspecified atom stereocenters. The summed E-state index contributed by atoms with van der Waals surface area (Å²) in [6.45, 7) is 1.45. The molecule has 4 heteroatoms. The van der Waals surface area contributed by atoms with Crippen molar-refractivity contribution in [2.24, 2.45) is 0 Å². The second-order valence-electron chi connectivity index (χ2n) is 4.02. The number of amides is 1. The molecule has 0 aliphatic carbocycles. The van der Waals surface area contributed by atoms with Crippen molar-refractivity contribution >= 4 is 23.4 Å². The summed E-state index contributed by atoms with van der Waals surface area (Å²) in [5, 5.41) is 0. The molecule has 0 spiro atoms. The summed E-state index contributed by atoms with van der Waals surface area (Å²) in [5.74, 6) is 1.14. The van der Waals surface area contributed by atoms with E-state index < -0.39 is 0 Å². The van der Waals surface area contributed by atoms with Gasteiger partial charge in [0.05, 0.1) is 0 Å². The average molecular weight is 236 g/mol. The van der Waals surface area contributed by atoms with Gasteiger partial charge in [0, 0.05) is 31.0 Å². The highest BCUT2D eigenvalue weighted by atomic mass is 32.2. The van der Waals surface area contributed by atoms with Crippen molar-refractivity contribution in [3.63, 3.8) is 0 Å². The van der Waals surface area contributed by atoms with Gasteiger partial charge < -0.3 is 10.6 Å². The molecule has 0 aromatic heterocycles. The maximum atomic E-state index is 11.8. The van der Waals surface area contributed by atoms with E-state index in [4.69, 9.17) is 5.73 Å². The molecule has 0 atom stereocenters. The van der Waals surface area contributed by atoms with Crippen molar-refractivity contribution in [1.82, 2.24) is 4.90 Å². The zero-order valence-corrected chi connectivity index (χ0v) is 10.2. The van der Waals surface area contributed by atoms with Crippen LogP contribution in [0, 0.1) is 0 Å². The van der Waals surface area contributed by atoms with Crippen molar-refractivity contribution in [3.05, 3.63) is 29.3 Å². The third-order valence-electron chi connectivity index (χ3n) is 2.83. The van der Waals surface area contributed by atoms with E-state index in [1.165, 1.54) is 11.1 Å². The zero-order valence-electron chi connectivity index (χ0n) is 9.40. The smallest absolute Gasteiger partial charge is 0.223 e. The first-order valence-electron chi connectivity index (χ1n) is 5.34. The van der Waals surface area contributed by atoms with E-state index in [1.807, 2.05) is 29.4 Å². The topological polar surface area (TPSA) is 46.3 Å². The predicted octanol–water partition coefficient (Wildman–Crippen LogP) is 1.86. The third kappa shape index (κ3) is 2.32. The van der Waals surface area contributed by atoms with Gasteiger partial charge in [0.25, 0.3) is 0 Å². The van der Waals surface area contributed by atoms with E-state index in [2.05, 4.69) is 0 Å². The number of benzene rings is 1. The van der Waals surface area contributed by atoms with Gasteiger partial charge >= 0.3 is 0 Å². The van der Waals surface area contributed by atoms with Crippen LogP contribution in [-0.4, -0.2) is 22.8 Å². The lowest BCUT2D eigenvalue weighted by Crippen LogP contribution is -2.25. The minimum Gasteiger partial charge on any atom is -0.399 e. The van der Waals surface area contributed by atoms with Gasteiger partial charge in [0.15, 0.2) is 0 Å². The molecule has 1 heterocycles. The Labute approximate surface area is 100.0 Å². The molecular weight excluding hydrogens is 220 g/mol. The number of nitrogens with zero attached hydrogens (tertiary/aromatic N) is 1. The van der Waals surface area contributed by atoms with Crippen LogP contribution in [-0.2, 0) is 17.9 Å². The van der Waals surface area contributed by atoms with E-state index >= 15 is 0 Å². The molecule has 86 valence electrons. The summed E-state index contributed by atoms with van der Waals surface area (Å²) in [7, 11) is 0. The molecule has 1 amide bonds. The lowest BCUT2D eigenvalue weighted by atomic mass is 10.1. The van der Waals surface area contributed by atoms with E-state index in [9.17, 15) is 4.79 Å². The fourth-order valence-electron chi connectivity index (χ4n) is 1.94. The molecule has 0 radical (unpaired) electrons. The molecule has 3 nitrogen and oxygen atoms in total. The summed E-state index contributed by atoms with van der Waals surface area (Å²) in [4.78, 5) is 13.7. The van der Waals surface area contributed by atoms with Crippen molar-refractivity contribution < 1.29 is 4.79 Å². The first-order valence-corrected chi connectivity index (χ1v) is 6.74. The standard InChI is InChI=1S/C12H16N2OS/c1-16-5-4-12(15)14-7-9-2-3-11(13)6-10(9)8-14/h2-3,6H,4-5,7-8,13H2,1H3. The van der Waals surface area contributed by atoms with Crippen LogP contribution >= 0.6 is 11.8 Å². The normalized spacial score (nSPS) is 13.9. The Morgan fingerprint density at radius 1 is 1.44 bits per heavy atom. The lowest BCUT2D eigenvalue weighted by molar-refractivity contribution is -0.131. The molecule has 16 heavy (non-hydrogen) atoms. The Kier molecular flexibility index (Phi) is 3.39. The Balaban J connectivity index is 2.02. The SMILES string of the molecule is CSCCC(=O)N1Cc2ccc(N)cc2C1. The van der Waals surface area contributed by atoms with E-state index in [0.29, 0.717) is 13.0 Å². The van der Waals surface area contributed by atoms with Crippen LogP contribution in [0.1, 0.15) is 17.5 Å². The van der Waals surface area contributed by atoms with E-state index in [1.54, 1.807) is 11.8 Å². The highest BCUT2D eigenvalue weighted by molar-refractivity contribution is 7.98. The van der Waals surface area contributed by atoms with Gasteiger partial charge in [-0.25, -0.2) is 0 Å². The molecule has 0 bridgehead atoms. The number of thioether (sulfide) groups is 1. The molecule has 2 N–H and O–H groups in total. The van der Waals surface area contributed by atoms with Crippen molar-refractivity contribution in [2.75, 3.05) is 17.7 Å². The maximum absolute atomic E-state index is 11.8. The van der Waals surface area contributed by atoms with Gasteiger partial charge in [-0.1, -0.05) is 6.07 Å². The van der Waals surface area contributed by atoms with Crippen LogP contribution in [0.3, 0.4) is 0 Å². The minimum absolute atomic E-state index is 0.240. The van der Waals surface area contributed by atoms with Gasteiger partial charge in [-0.15, -0.1) is 0 Å².